The van der Waals surface area contributed by atoms with Crippen LogP contribution < -0.4 is 5.32 Å². The van der Waals surface area contributed by atoms with Crippen molar-refractivity contribution in [1.82, 2.24) is 14.9 Å². The molecule has 0 saturated carbocycles. The van der Waals surface area contributed by atoms with E-state index in [1.54, 1.807) is 0 Å². The van der Waals surface area contributed by atoms with Crippen molar-refractivity contribution in [2.24, 2.45) is 0 Å². The number of hydrogen-bond donors (Lipinski definition) is 1. The maximum absolute atomic E-state index is 4.71. The molecule has 4 nitrogen and oxygen atoms in total. The van der Waals surface area contributed by atoms with E-state index >= 15 is 0 Å². The predicted molar refractivity (Wildman–Crippen MR) is 88.5 cm³/mol. The third-order valence-electron chi connectivity index (χ3n) is 3.64. The number of anilines is 1. The number of aromatic nitrogens is 2. The average molecular weight is 284 g/mol. The molecule has 0 fully saturated rings. The molecule has 1 aromatic carbocycles. The molecule has 0 aliphatic rings. The maximum Gasteiger partial charge on any atom is 0.132 e. The number of hydrogen-bond acceptors (Lipinski definition) is 4. The predicted octanol–water partition coefficient (Wildman–Crippen LogP) is 3.07. The third-order valence-corrected chi connectivity index (χ3v) is 3.64. The van der Waals surface area contributed by atoms with Gasteiger partial charge in [-0.1, -0.05) is 44.2 Å². The molecule has 0 amide bonds. The summed E-state index contributed by atoms with van der Waals surface area (Å²) in [6.07, 6.45) is 0.872. The van der Waals surface area contributed by atoms with Crippen LogP contribution in [0.2, 0.25) is 0 Å². The molecule has 4 heteroatoms. The van der Waals surface area contributed by atoms with Crippen LogP contribution in [0.25, 0.3) is 11.3 Å². The second-order valence-electron chi connectivity index (χ2n) is 4.95. The zero-order valence-corrected chi connectivity index (χ0v) is 13.1. The second-order valence-corrected chi connectivity index (χ2v) is 4.95. The second kappa shape index (κ2) is 7.74. The summed E-state index contributed by atoms with van der Waals surface area (Å²) >= 11 is 0. The molecule has 0 aliphatic carbocycles. The number of nitrogens with zero attached hydrogens (tertiary/aromatic N) is 3. The Morgan fingerprint density at radius 1 is 1.05 bits per heavy atom. The first-order valence-corrected chi connectivity index (χ1v) is 7.60. The van der Waals surface area contributed by atoms with E-state index in [9.17, 15) is 0 Å². The molecule has 1 heterocycles. The van der Waals surface area contributed by atoms with Gasteiger partial charge in [0, 0.05) is 31.6 Å². The summed E-state index contributed by atoms with van der Waals surface area (Å²) in [5.74, 6) is 1.77. The normalized spacial score (nSPS) is 10.9. The summed E-state index contributed by atoms with van der Waals surface area (Å²) in [4.78, 5) is 11.7. The van der Waals surface area contributed by atoms with E-state index in [1.807, 2.05) is 31.3 Å². The van der Waals surface area contributed by atoms with Crippen molar-refractivity contribution in [3.63, 3.8) is 0 Å². The van der Waals surface area contributed by atoms with Crippen LogP contribution in [-0.4, -0.2) is 41.5 Å². The fourth-order valence-corrected chi connectivity index (χ4v) is 2.29. The Kier molecular flexibility index (Phi) is 5.69. The molecule has 21 heavy (non-hydrogen) atoms. The highest BCUT2D eigenvalue weighted by atomic mass is 15.1. The van der Waals surface area contributed by atoms with E-state index < -0.39 is 0 Å². The van der Waals surface area contributed by atoms with Gasteiger partial charge in [-0.2, -0.15) is 0 Å². The first kappa shape index (κ1) is 15.4. The summed E-state index contributed by atoms with van der Waals surface area (Å²) in [6.45, 7) is 7.49. The quantitative estimate of drug-likeness (QED) is 0.848. The summed E-state index contributed by atoms with van der Waals surface area (Å²) in [5.41, 5.74) is 2.10. The lowest BCUT2D eigenvalue weighted by Gasteiger charge is -2.17. The monoisotopic (exact) mass is 284 g/mol. The van der Waals surface area contributed by atoms with Crippen molar-refractivity contribution in [1.29, 1.82) is 0 Å². The van der Waals surface area contributed by atoms with Crippen LogP contribution in [0.5, 0.6) is 0 Å². The highest BCUT2D eigenvalue weighted by molar-refractivity contribution is 5.62. The van der Waals surface area contributed by atoms with Crippen LogP contribution in [0, 0.1) is 0 Å². The molecule has 112 valence electrons. The van der Waals surface area contributed by atoms with E-state index in [4.69, 9.17) is 4.98 Å². The largest absolute Gasteiger partial charge is 0.373 e. The van der Waals surface area contributed by atoms with Gasteiger partial charge in [-0.05, 0) is 13.1 Å². The Morgan fingerprint density at radius 2 is 1.76 bits per heavy atom. The number of benzene rings is 1. The van der Waals surface area contributed by atoms with E-state index in [-0.39, 0.29) is 0 Å². The minimum atomic E-state index is 0.872. The number of rotatable bonds is 7. The molecular weight excluding hydrogens is 260 g/mol. The van der Waals surface area contributed by atoms with Crippen molar-refractivity contribution in [3.05, 3.63) is 42.2 Å². The Hall–Kier alpha value is -1.94. The summed E-state index contributed by atoms with van der Waals surface area (Å²) in [7, 11) is 1.89. The van der Waals surface area contributed by atoms with Gasteiger partial charge in [-0.15, -0.1) is 0 Å². The molecule has 0 radical (unpaired) electrons. The van der Waals surface area contributed by atoms with Gasteiger partial charge in [0.25, 0.3) is 0 Å². The van der Waals surface area contributed by atoms with Gasteiger partial charge < -0.3 is 10.2 Å². The fourth-order valence-electron chi connectivity index (χ4n) is 2.29. The van der Waals surface area contributed by atoms with Crippen LogP contribution in [0.3, 0.4) is 0 Å². The fraction of sp³-hybridized carbons (Fsp3) is 0.412. The minimum Gasteiger partial charge on any atom is -0.373 e. The van der Waals surface area contributed by atoms with Crippen molar-refractivity contribution in [2.45, 2.75) is 20.3 Å². The molecule has 2 aromatic rings. The maximum atomic E-state index is 4.71. The molecule has 0 unspecified atom stereocenters. The highest BCUT2D eigenvalue weighted by Crippen LogP contribution is 2.19. The van der Waals surface area contributed by atoms with E-state index in [0.29, 0.717) is 0 Å². The standard InChI is InChI=1S/C17H24N4/c1-4-21(5-2)12-11-16-19-15(13-17(18-3)20-16)14-9-7-6-8-10-14/h6-10,13H,4-5,11-12H2,1-3H3,(H,18,19,20). The van der Waals surface area contributed by atoms with Crippen LogP contribution in [-0.2, 0) is 6.42 Å². The topological polar surface area (TPSA) is 41.1 Å². The molecule has 1 N–H and O–H groups in total. The Balaban J connectivity index is 2.22. The SMILES string of the molecule is CCN(CC)CCc1nc(NC)cc(-c2ccccc2)n1. The molecule has 0 spiro atoms. The lowest BCUT2D eigenvalue weighted by atomic mass is 10.1. The van der Waals surface area contributed by atoms with Gasteiger partial charge in [-0.3, -0.25) is 0 Å². The van der Waals surface area contributed by atoms with E-state index in [0.717, 1.165) is 49.0 Å². The van der Waals surface area contributed by atoms with Gasteiger partial charge in [0.15, 0.2) is 0 Å². The third kappa shape index (κ3) is 4.26. The highest BCUT2D eigenvalue weighted by Gasteiger charge is 2.07. The molecule has 0 saturated heterocycles. The van der Waals surface area contributed by atoms with Crippen molar-refractivity contribution in [3.8, 4) is 11.3 Å². The molecule has 0 bridgehead atoms. The van der Waals surface area contributed by atoms with Crippen molar-refractivity contribution >= 4 is 5.82 Å². The average Bonchev–Trinajstić information content (AvgIpc) is 2.56. The van der Waals surface area contributed by atoms with Gasteiger partial charge in [0.1, 0.15) is 11.6 Å². The minimum absolute atomic E-state index is 0.872. The van der Waals surface area contributed by atoms with Crippen molar-refractivity contribution < 1.29 is 0 Å². The lowest BCUT2D eigenvalue weighted by Crippen LogP contribution is -2.26. The van der Waals surface area contributed by atoms with Gasteiger partial charge in [0.05, 0.1) is 5.69 Å². The van der Waals surface area contributed by atoms with Crippen LogP contribution in [0.15, 0.2) is 36.4 Å². The lowest BCUT2D eigenvalue weighted by molar-refractivity contribution is 0.306. The molecule has 1 aromatic heterocycles. The Bertz CT molecular complexity index is 550. The van der Waals surface area contributed by atoms with E-state index in [1.165, 1.54) is 0 Å². The van der Waals surface area contributed by atoms with Crippen LogP contribution in [0.4, 0.5) is 5.82 Å². The Morgan fingerprint density at radius 3 is 2.38 bits per heavy atom. The summed E-state index contributed by atoms with van der Waals surface area (Å²) in [6, 6.07) is 12.2. The van der Waals surface area contributed by atoms with Crippen LogP contribution >= 0.6 is 0 Å². The zero-order chi connectivity index (χ0) is 15.1. The van der Waals surface area contributed by atoms with E-state index in [2.05, 4.69) is 41.2 Å². The zero-order valence-electron chi connectivity index (χ0n) is 13.1. The van der Waals surface area contributed by atoms with Crippen molar-refractivity contribution in [2.75, 3.05) is 32.0 Å². The summed E-state index contributed by atoms with van der Waals surface area (Å²) in [5, 5.41) is 3.13. The van der Waals surface area contributed by atoms with Gasteiger partial charge >= 0.3 is 0 Å². The smallest absolute Gasteiger partial charge is 0.132 e. The Labute approximate surface area is 127 Å². The number of likely N-dealkylation sites (N-methyl/N-ethyl adjacent to an activating group) is 1. The van der Waals surface area contributed by atoms with Crippen LogP contribution in [0.1, 0.15) is 19.7 Å². The summed E-state index contributed by atoms with van der Waals surface area (Å²) < 4.78 is 0. The van der Waals surface area contributed by atoms with Gasteiger partial charge in [0.2, 0.25) is 0 Å². The first-order valence-electron chi connectivity index (χ1n) is 7.60. The molecule has 2 rings (SSSR count). The van der Waals surface area contributed by atoms with Gasteiger partial charge in [-0.25, -0.2) is 9.97 Å². The first-order chi connectivity index (χ1) is 10.3. The molecule has 0 atom stereocenters. The number of nitrogens with one attached hydrogen (secondary N) is 1. The molecule has 0 aliphatic heterocycles. The molecular formula is C17H24N4.